The lowest BCUT2D eigenvalue weighted by Gasteiger charge is -2.30. The fourth-order valence-electron chi connectivity index (χ4n) is 2.77. The van der Waals surface area contributed by atoms with E-state index in [0.29, 0.717) is 10.1 Å². The lowest BCUT2D eigenvalue weighted by atomic mass is 9.96. The van der Waals surface area contributed by atoms with Crippen molar-refractivity contribution in [2.75, 3.05) is 13.3 Å². The molecule has 1 aliphatic rings. The van der Waals surface area contributed by atoms with Crippen molar-refractivity contribution < 1.29 is 8.42 Å². The molecule has 0 bridgehead atoms. The molecule has 1 aliphatic carbocycles. The number of hydrogen-bond acceptors (Lipinski definition) is 4. The number of sulfonamides is 1. The average Bonchev–Trinajstić information content (AvgIpc) is 2.48. The Morgan fingerprint density at radius 1 is 1.19 bits per heavy atom. The molecule has 21 heavy (non-hydrogen) atoms. The third-order valence-electron chi connectivity index (χ3n) is 3.93. The molecule has 0 heterocycles. The van der Waals surface area contributed by atoms with Gasteiger partial charge in [0.1, 0.15) is 0 Å². The highest BCUT2D eigenvalue weighted by Crippen LogP contribution is 2.28. The smallest absolute Gasteiger partial charge is 0.240 e. The van der Waals surface area contributed by atoms with E-state index in [-0.39, 0.29) is 6.04 Å². The number of hydrogen-bond donors (Lipinski definition) is 2. The third-order valence-corrected chi connectivity index (χ3v) is 6.60. The zero-order valence-electron chi connectivity index (χ0n) is 12.6. The summed E-state index contributed by atoms with van der Waals surface area (Å²) in [7, 11) is -1.55. The second kappa shape index (κ2) is 7.63. The van der Waals surface area contributed by atoms with Crippen LogP contribution in [-0.2, 0) is 16.6 Å². The van der Waals surface area contributed by atoms with Crippen LogP contribution in [0.15, 0.2) is 29.2 Å². The van der Waals surface area contributed by atoms with Crippen LogP contribution in [0.3, 0.4) is 0 Å². The Labute approximate surface area is 132 Å². The molecule has 2 unspecified atom stereocenters. The van der Waals surface area contributed by atoms with Crippen LogP contribution in [-0.4, -0.2) is 33.0 Å². The van der Waals surface area contributed by atoms with Crippen LogP contribution < -0.4 is 10.0 Å². The second-order valence-corrected chi connectivity index (χ2v) is 8.25. The van der Waals surface area contributed by atoms with Gasteiger partial charge < -0.3 is 5.32 Å². The molecule has 1 aromatic rings. The molecule has 118 valence electrons. The van der Waals surface area contributed by atoms with Crippen LogP contribution in [0.2, 0.25) is 0 Å². The molecule has 1 aromatic carbocycles. The fourth-order valence-corrected chi connectivity index (χ4v) is 5.10. The van der Waals surface area contributed by atoms with Crippen molar-refractivity contribution in [3.05, 3.63) is 29.8 Å². The summed E-state index contributed by atoms with van der Waals surface area (Å²) in [4.78, 5) is 0.354. The zero-order chi connectivity index (χ0) is 15.3. The summed E-state index contributed by atoms with van der Waals surface area (Å²) in [6, 6.07) is 7.14. The Morgan fingerprint density at radius 3 is 2.48 bits per heavy atom. The summed E-state index contributed by atoms with van der Waals surface area (Å²) < 4.78 is 27.9. The van der Waals surface area contributed by atoms with E-state index in [9.17, 15) is 8.42 Å². The summed E-state index contributed by atoms with van der Waals surface area (Å²) in [5.74, 6) is 0. The molecule has 0 radical (unpaired) electrons. The van der Waals surface area contributed by atoms with Crippen molar-refractivity contribution in [1.29, 1.82) is 0 Å². The van der Waals surface area contributed by atoms with E-state index in [4.69, 9.17) is 0 Å². The first kappa shape index (κ1) is 16.8. The normalized spacial score (nSPS) is 23.1. The van der Waals surface area contributed by atoms with Crippen molar-refractivity contribution >= 4 is 21.8 Å². The Morgan fingerprint density at radius 2 is 1.86 bits per heavy atom. The van der Waals surface area contributed by atoms with E-state index in [1.165, 1.54) is 6.42 Å². The predicted octanol–water partition coefficient (Wildman–Crippen LogP) is 2.36. The number of benzene rings is 1. The molecular weight excluding hydrogens is 304 g/mol. The minimum Gasteiger partial charge on any atom is -0.316 e. The lowest BCUT2D eigenvalue weighted by molar-refractivity contribution is 0.423. The topological polar surface area (TPSA) is 58.2 Å². The largest absolute Gasteiger partial charge is 0.316 e. The van der Waals surface area contributed by atoms with Crippen LogP contribution in [0, 0.1) is 0 Å². The number of thioether (sulfide) groups is 1. The van der Waals surface area contributed by atoms with Crippen LogP contribution in [0.1, 0.15) is 31.2 Å². The van der Waals surface area contributed by atoms with Crippen LogP contribution in [0.25, 0.3) is 0 Å². The molecule has 2 atom stereocenters. The SMILES string of the molecule is CNCc1ccc(S(=O)(=O)NC2CCCCC2SC)cc1. The van der Waals surface area contributed by atoms with Crippen molar-refractivity contribution in [1.82, 2.24) is 10.0 Å². The highest BCUT2D eigenvalue weighted by Gasteiger charge is 2.28. The molecule has 6 heteroatoms. The molecule has 2 rings (SSSR count). The van der Waals surface area contributed by atoms with Gasteiger partial charge in [0.25, 0.3) is 0 Å². The van der Waals surface area contributed by atoms with E-state index in [0.717, 1.165) is 31.4 Å². The minimum absolute atomic E-state index is 0.0516. The first-order chi connectivity index (χ1) is 10.1. The van der Waals surface area contributed by atoms with Crippen LogP contribution in [0.4, 0.5) is 0 Å². The van der Waals surface area contributed by atoms with Gasteiger partial charge in [-0.05, 0) is 43.8 Å². The van der Waals surface area contributed by atoms with Crippen molar-refractivity contribution in [2.45, 2.75) is 48.4 Å². The van der Waals surface area contributed by atoms with E-state index in [1.54, 1.807) is 23.9 Å². The molecule has 1 fully saturated rings. The third kappa shape index (κ3) is 4.45. The van der Waals surface area contributed by atoms with Gasteiger partial charge in [-0.1, -0.05) is 25.0 Å². The highest BCUT2D eigenvalue weighted by atomic mass is 32.2. The Bertz CT molecular complexity index is 543. The van der Waals surface area contributed by atoms with Crippen LogP contribution in [0.5, 0.6) is 0 Å². The zero-order valence-corrected chi connectivity index (χ0v) is 14.3. The molecular formula is C15H24N2O2S2. The molecule has 0 aromatic heterocycles. The van der Waals surface area contributed by atoms with Gasteiger partial charge in [0.2, 0.25) is 10.0 Å². The maximum atomic E-state index is 12.5. The molecule has 0 spiro atoms. The van der Waals surface area contributed by atoms with Gasteiger partial charge >= 0.3 is 0 Å². The molecule has 4 nitrogen and oxygen atoms in total. The Balaban J connectivity index is 2.10. The summed E-state index contributed by atoms with van der Waals surface area (Å²) >= 11 is 1.76. The highest BCUT2D eigenvalue weighted by molar-refractivity contribution is 7.99. The van der Waals surface area contributed by atoms with E-state index < -0.39 is 10.0 Å². The molecule has 1 saturated carbocycles. The van der Waals surface area contributed by atoms with Crippen molar-refractivity contribution in [3.8, 4) is 0 Å². The lowest BCUT2D eigenvalue weighted by Crippen LogP contribution is -2.43. The van der Waals surface area contributed by atoms with Crippen molar-refractivity contribution in [2.24, 2.45) is 0 Å². The monoisotopic (exact) mass is 328 g/mol. The van der Waals surface area contributed by atoms with Gasteiger partial charge in [-0.3, -0.25) is 0 Å². The maximum Gasteiger partial charge on any atom is 0.240 e. The summed E-state index contributed by atoms with van der Waals surface area (Å²) in [5, 5.41) is 3.44. The predicted molar refractivity (Wildman–Crippen MR) is 89.1 cm³/mol. The minimum atomic E-state index is -3.42. The standard InChI is InChI=1S/C15H24N2O2S2/c1-16-11-12-7-9-13(10-8-12)21(18,19)17-14-5-3-4-6-15(14)20-2/h7-10,14-17H,3-6,11H2,1-2H3. The van der Waals surface area contributed by atoms with E-state index in [1.807, 2.05) is 19.2 Å². The second-order valence-electron chi connectivity index (χ2n) is 5.46. The summed E-state index contributed by atoms with van der Waals surface area (Å²) in [6.07, 6.45) is 6.38. The molecule has 0 amide bonds. The number of rotatable bonds is 6. The molecule has 2 N–H and O–H groups in total. The van der Waals surface area contributed by atoms with E-state index in [2.05, 4.69) is 16.3 Å². The first-order valence-electron chi connectivity index (χ1n) is 7.35. The van der Waals surface area contributed by atoms with Gasteiger partial charge in [-0.25, -0.2) is 13.1 Å². The summed E-state index contributed by atoms with van der Waals surface area (Å²) in [6.45, 7) is 0.741. The first-order valence-corrected chi connectivity index (χ1v) is 10.1. The quantitative estimate of drug-likeness (QED) is 0.842. The van der Waals surface area contributed by atoms with Crippen LogP contribution >= 0.6 is 11.8 Å². The maximum absolute atomic E-state index is 12.5. The van der Waals surface area contributed by atoms with Crippen molar-refractivity contribution in [3.63, 3.8) is 0 Å². The van der Waals surface area contributed by atoms with Gasteiger partial charge in [0.15, 0.2) is 0 Å². The van der Waals surface area contributed by atoms with Gasteiger partial charge in [-0.15, -0.1) is 0 Å². The van der Waals surface area contributed by atoms with E-state index >= 15 is 0 Å². The summed E-state index contributed by atoms with van der Waals surface area (Å²) in [5.41, 5.74) is 1.08. The number of nitrogens with one attached hydrogen (secondary N) is 2. The van der Waals surface area contributed by atoms with Gasteiger partial charge in [0, 0.05) is 17.8 Å². The average molecular weight is 329 g/mol. The molecule has 0 aliphatic heterocycles. The van der Waals surface area contributed by atoms with Gasteiger partial charge in [-0.2, -0.15) is 11.8 Å². The molecule has 0 saturated heterocycles. The Kier molecular flexibility index (Phi) is 6.10. The fraction of sp³-hybridized carbons (Fsp3) is 0.600. The Hall–Kier alpha value is -0.560. The van der Waals surface area contributed by atoms with Gasteiger partial charge in [0.05, 0.1) is 4.90 Å².